The van der Waals surface area contributed by atoms with Gasteiger partial charge in [-0.3, -0.25) is 10.1 Å². The predicted octanol–water partition coefficient (Wildman–Crippen LogP) is 3.05. The highest BCUT2D eigenvalue weighted by molar-refractivity contribution is 5.66. The minimum Gasteiger partial charge on any atom is -0.495 e. The zero-order chi connectivity index (χ0) is 17.5. The van der Waals surface area contributed by atoms with E-state index in [1.165, 1.54) is 12.8 Å². The van der Waals surface area contributed by atoms with Crippen LogP contribution in [0.25, 0.3) is 11.1 Å². The molecule has 0 saturated heterocycles. The van der Waals surface area contributed by atoms with E-state index < -0.39 is 0 Å². The van der Waals surface area contributed by atoms with E-state index in [1.54, 1.807) is 31.9 Å². The summed E-state index contributed by atoms with van der Waals surface area (Å²) in [6.07, 6.45) is 11.3. The normalized spacial score (nSPS) is 12.9. The number of nitrogens with one attached hydrogen (secondary N) is 1. The molecule has 1 aliphatic rings. The summed E-state index contributed by atoms with van der Waals surface area (Å²) in [4.78, 5) is 12.4. The molecular weight excluding hydrogens is 318 g/mol. The number of H-pyrrole nitrogens is 1. The number of aromatic amines is 1. The van der Waals surface area contributed by atoms with Gasteiger partial charge in [0.25, 0.3) is 0 Å². The van der Waals surface area contributed by atoms with Gasteiger partial charge in [-0.25, -0.2) is 4.98 Å². The molecule has 7 heteroatoms. The lowest BCUT2D eigenvalue weighted by Gasteiger charge is -2.08. The Kier molecular flexibility index (Phi) is 5.56. The van der Waals surface area contributed by atoms with Crippen LogP contribution in [-0.4, -0.2) is 38.9 Å². The fourth-order valence-corrected chi connectivity index (χ4v) is 2.10. The first-order valence-corrected chi connectivity index (χ1v) is 8.16. The van der Waals surface area contributed by atoms with Gasteiger partial charge in [-0.15, -0.1) is 0 Å². The van der Waals surface area contributed by atoms with Crippen molar-refractivity contribution in [3.63, 3.8) is 0 Å². The highest BCUT2D eigenvalue weighted by Gasteiger charge is 2.23. The SMILES string of the molecule is COc1cccnc1.Cc1ncc(-c2cn[nH]c2)c(OCC2CC2)n1. The van der Waals surface area contributed by atoms with Crippen LogP contribution in [0.5, 0.6) is 11.6 Å². The summed E-state index contributed by atoms with van der Waals surface area (Å²) >= 11 is 0. The van der Waals surface area contributed by atoms with Crippen LogP contribution in [0, 0.1) is 12.8 Å². The maximum Gasteiger partial charge on any atom is 0.224 e. The van der Waals surface area contributed by atoms with Crippen LogP contribution >= 0.6 is 0 Å². The molecule has 1 N–H and O–H groups in total. The Balaban J connectivity index is 0.000000192. The van der Waals surface area contributed by atoms with E-state index in [0.29, 0.717) is 11.8 Å². The molecule has 0 atom stereocenters. The first kappa shape index (κ1) is 16.9. The van der Waals surface area contributed by atoms with Gasteiger partial charge in [0.1, 0.15) is 11.6 Å². The fraction of sp³-hybridized carbons (Fsp3) is 0.333. The Morgan fingerprint density at radius 2 is 2.12 bits per heavy atom. The molecule has 0 radical (unpaired) electrons. The summed E-state index contributed by atoms with van der Waals surface area (Å²) in [5, 5.41) is 6.72. The van der Waals surface area contributed by atoms with Crippen molar-refractivity contribution in [1.82, 2.24) is 25.1 Å². The molecule has 0 bridgehead atoms. The standard InChI is InChI=1S/C12H14N4O.C6H7NO/c1-8-13-6-11(10-4-14-15-5-10)12(16-8)17-7-9-2-3-9;1-8-6-3-2-4-7-5-6/h4-6,9H,2-3,7H2,1H3,(H,14,15);2-5H,1H3. The molecule has 7 nitrogen and oxygen atoms in total. The van der Waals surface area contributed by atoms with Crippen molar-refractivity contribution >= 4 is 0 Å². The molecular formula is C18H21N5O2. The van der Waals surface area contributed by atoms with Gasteiger partial charge in [-0.05, 0) is 37.8 Å². The van der Waals surface area contributed by atoms with Crippen LogP contribution < -0.4 is 9.47 Å². The minimum absolute atomic E-state index is 0.658. The number of pyridine rings is 1. The smallest absolute Gasteiger partial charge is 0.224 e. The van der Waals surface area contributed by atoms with Crippen molar-refractivity contribution in [1.29, 1.82) is 0 Å². The molecule has 0 aromatic carbocycles. The molecule has 3 aromatic rings. The lowest BCUT2D eigenvalue weighted by molar-refractivity contribution is 0.288. The van der Waals surface area contributed by atoms with Gasteiger partial charge in [0.15, 0.2) is 0 Å². The van der Waals surface area contributed by atoms with Crippen molar-refractivity contribution in [3.05, 3.63) is 48.9 Å². The van der Waals surface area contributed by atoms with Gasteiger partial charge in [0.05, 0.1) is 31.7 Å². The molecule has 130 valence electrons. The van der Waals surface area contributed by atoms with Crippen LogP contribution in [0.15, 0.2) is 43.1 Å². The number of ether oxygens (including phenoxy) is 2. The van der Waals surface area contributed by atoms with Crippen LogP contribution in [0.2, 0.25) is 0 Å². The first-order chi connectivity index (χ1) is 12.3. The lowest BCUT2D eigenvalue weighted by atomic mass is 10.2. The average molecular weight is 339 g/mol. The number of aromatic nitrogens is 5. The summed E-state index contributed by atoms with van der Waals surface area (Å²) in [7, 11) is 1.62. The highest BCUT2D eigenvalue weighted by Crippen LogP contribution is 2.32. The maximum absolute atomic E-state index is 5.77. The van der Waals surface area contributed by atoms with E-state index in [-0.39, 0.29) is 0 Å². The fourth-order valence-electron chi connectivity index (χ4n) is 2.10. The minimum atomic E-state index is 0.658. The van der Waals surface area contributed by atoms with Gasteiger partial charge >= 0.3 is 0 Å². The second-order valence-electron chi connectivity index (χ2n) is 5.77. The quantitative estimate of drug-likeness (QED) is 0.769. The van der Waals surface area contributed by atoms with Crippen LogP contribution in [0.3, 0.4) is 0 Å². The molecule has 1 saturated carbocycles. The van der Waals surface area contributed by atoms with Crippen LogP contribution in [0.4, 0.5) is 0 Å². The van der Waals surface area contributed by atoms with Gasteiger partial charge in [0.2, 0.25) is 5.88 Å². The zero-order valence-corrected chi connectivity index (χ0v) is 14.3. The predicted molar refractivity (Wildman–Crippen MR) is 93.4 cm³/mol. The molecule has 4 rings (SSSR count). The third kappa shape index (κ3) is 5.00. The number of nitrogens with zero attached hydrogens (tertiary/aromatic N) is 4. The van der Waals surface area contributed by atoms with Crippen molar-refractivity contribution in [2.75, 3.05) is 13.7 Å². The second-order valence-corrected chi connectivity index (χ2v) is 5.77. The Morgan fingerprint density at radius 1 is 1.24 bits per heavy atom. The number of aryl methyl sites for hydroxylation is 1. The lowest BCUT2D eigenvalue weighted by Crippen LogP contribution is -2.03. The molecule has 1 aliphatic carbocycles. The number of methoxy groups -OCH3 is 1. The van der Waals surface area contributed by atoms with E-state index in [1.807, 2.05) is 25.3 Å². The Labute approximate surface area is 146 Å². The van der Waals surface area contributed by atoms with Crippen molar-refractivity contribution < 1.29 is 9.47 Å². The van der Waals surface area contributed by atoms with Gasteiger partial charge < -0.3 is 9.47 Å². The first-order valence-electron chi connectivity index (χ1n) is 8.16. The Bertz CT molecular complexity index is 773. The monoisotopic (exact) mass is 339 g/mol. The summed E-state index contributed by atoms with van der Waals surface area (Å²) in [6.45, 7) is 2.62. The molecule has 0 spiro atoms. The molecule has 3 heterocycles. The Morgan fingerprint density at radius 3 is 2.72 bits per heavy atom. The molecule has 3 aromatic heterocycles. The summed E-state index contributed by atoms with van der Waals surface area (Å²) in [6, 6.07) is 3.69. The van der Waals surface area contributed by atoms with Gasteiger partial charge in [-0.2, -0.15) is 10.1 Å². The number of rotatable bonds is 5. The molecule has 1 fully saturated rings. The average Bonchev–Trinajstić information content (AvgIpc) is 3.33. The Hall–Kier alpha value is -2.96. The highest BCUT2D eigenvalue weighted by atomic mass is 16.5. The number of hydrogen-bond acceptors (Lipinski definition) is 6. The second kappa shape index (κ2) is 8.23. The van der Waals surface area contributed by atoms with E-state index >= 15 is 0 Å². The maximum atomic E-state index is 5.77. The van der Waals surface area contributed by atoms with Crippen molar-refractivity contribution in [2.45, 2.75) is 19.8 Å². The van der Waals surface area contributed by atoms with Gasteiger partial charge in [0, 0.05) is 24.2 Å². The third-order valence-electron chi connectivity index (χ3n) is 3.71. The molecule has 0 aliphatic heterocycles. The van der Waals surface area contributed by atoms with Crippen molar-refractivity contribution in [3.8, 4) is 22.8 Å². The molecule has 0 amide bonds. The van der Waals surface area contributed by atoms with E-state index in [2.05, 4.69) is 25.1 Å². The van der Waals surface area contributed by atoms with Crippen LogP contribution in [-0.2, 0) is 0 Å². The van der Waals surface area contributed by atoms with E-state index in [4.69, 9.17) is 9.47 Å². The van der Waals surface area contributed by atoms with Gasteiger partial charge in [-0.1, -0.05) is 0 Å². The molecule has 0 unspecified atom stereocenters. The largest absolute Gasteiger partial charge is 0.495 e. The topological polar surface area (TPSA) is 85.8 Å². The van der Waals surface area contributed by atoms with E-state index in [0.717, 1.165) is 29.3 Å². The zero-order valence-electron chi connectivity index (χ0n) is 14.3. The summed E-state index contributed by atoms with van der Waals surface area (Å²) in [5.74, 6) is 2.89. The summed E-state index contributed by atoms with van der Waals surface area (Å²) in [5.41, 5.74) is 1.85. The third-order valence-corrected chi connectivity index (χ3v) is 3.71. The summed E-state index contributed by atoms with van der Waals surface area (Å²) < 4.78 is 10.6. The number of hydrogen-bond donors (Lipinski definition) is 1. The van der Waals surface area contributed by atoms with Crippen molar-refractivity contribution in [2.24, 2.45) is 5.92 Å². The van der Waals surface area contributed by atoms with Crippen LogP contribution in [0.1, 0.15) is 18.7 Å². The van der Waals surface area contributed by atoms with E-state index in [9.17, 15) is 0 Å². The molecule has 25 heavy (non-hydrogen) atoms.